The summed E-state index contributed by atoms with van der Waals surface area (Å²) in [5.74, 6) is 1.55. The number of hydrogen-bond donors (Lipinski definition) is 0. The van der Waals surface area contributed by atoms with Gasteiger partial charge in [-0.1, -0.05) is 30.0 Å². The predicted octanol–water partition coefficient (Wildman–Crippen LogP) is 2.11. The van der Waals surface area contributed by atoms with Gasteiger partial charge in [0.05, 0.1) is 25.0 Å². The SMILES string of the molecule is N#CCCSc1nnc(N2CCOCC2)n1-c1ccccc1. The molecule has 0 unspecified atom stereocenters. The molecule has 1 aliphatic rings. The van der Waals surface area contributed by atoms with Crippen molar-refractivity contribution in [2.24, 2.45) is 0 Å². The van der Waals surface area contributed by atoms with Gasteiger partial charge in [0.15, 0.2) is 5.16 Å². The second-order valence-corrected chi connectivity index (χ2v) is 5.87. The van der Waals surface area contributed by atoms with Crippen LogP contribution in [0.4, 0.5) is 5.95 Å². The molecule has 7 heteroatoms. The average Bonchev–Trinajstić information content (AvgIpc) is 3.01. The second kappa shape index (κ2) is 7.29. The van der Waals surface area contributed by atoms with E-state index in [0.717, 1.165) is 29.9 Å². The molecule has 0 bridgehead atoms. The van der Waals surface area contributed by atoms with Gasteiger partial charge in [0.2, 0.25) is 5.95 Å². The van der Waals surface area contributed by atoms with Crippen LogP contribution in [0.15, 0.2) is 35.5 Å². The molecule has 6 nitrogen and oxygen atoms in total. The van der Waals surface area contributed by atoms with Crippen molar-refractivity contribution in [1.82, 2.24) is 14.8 Å². The maximum absolute atomic E-state index is 8.71. The standard InChI is InChI=1S/C15H17N5OS/c16-7-4-12-22-15-18-17-14(19-8-10-21-11-9-19)20(15)13-5-2-1-3-6-13/h1-3,5-6H,4,8-12H2. The number of benzene rings is 1. The molecule has 1 aliphatic heterocycles. The maximum atomic E-state index is 8.71. The summed E-state index contributed by atoms with van der Waals surface area (Å²) in [4.78, 5) is 2.19. The maximum Gasteiger partial charge on any atom is 0.232 e. The third-order valence-electron chi connectivity index (χ3n) is 3.37. The molecule has 0 N–H and O–H groups in total. The van der Waals surface area contributed by atoms with Crippen LogP contribution in [0.3, 0.4) is 0 Å². The van der Waals surface area contributed by atoms with E-state index in [1.54, 1.807) is 11.8 Å². The highest BCUT2D eigenvalue weighted by Crippen LogP contribution is 2.27. The lowest BCUT2D eigenvalue weighted by molar-refractivity contribution is 0.122. The highest BCUT2D eigenvalue weighted by atomic mass is 32.2. The minimum atomic E-state index is 0.499. The Bertz CT molecular complexity index is 646. The van der Waals surface area contributed by atoms with Crippen LogP contribution >= 0.6 is 11.8 Å². The zero-order chi connectivity index (χ0) is 15.2. The van der Waals surface area contributed by atoms with Crippen molar-refractivity contribution in [2.75, 3.05) is 37.0 Å². The van der Waals surface area contributed by atoms with E-state index in [4.69, 9.17) is 10.00 Å². The number of hydrogen-bond acceptors (Lipinski definition) is 6. The number of rotatable bonds is 5. The molecule has 0 atom stereocenters. The van der Waals surface area contributed by atoms with Crippen LogP contribution in [0.2, 0.25) is 0 Å². The molecule has 3 rings (SSSR count). The first-order valence-electron chi connectivity index (χ1n) is 7.23. The van der Waals surface area contributed by atoms with E-state index >= 15 is 0 Å². The topological polar surface area (TPSA) is 67.0 Å². The third kappa shape index (κ3) is 3.24. The number of aromatic nitrogens is 3. The van der Waals surface area contributed by atoms with Gasteiger partial charge in [-0.25, -0.2) is 0 Å². The molecule has 0 aliphatic carbocycles. The summed E-state index contributed by atoms with van der Waals surface area (Å²) in [6, 6.07) is 12.2. The molecule has 1 saturated heterocycles. The number of anilines is 1. The Morgan fingerprint density at radius 1 is 1.18 bits per heavy atom. The second-order valence-electron chi connectivity index (χ2n) is 4.81. The van der Waals surface area contributed by atoms with E-state index in [2.05, 4.69) is 25.7 Å². The molecule has 0 amide bonds. The van der Waals surface area contributed by atoms with Crippen LogP contribution in [0.25, 0.3) is 5.69 Å². The van der Waals surface area contributed by atoms with Crippen molar-refractivity contribution in [3.05, 3.63) is 30.3 Å². The van der Waals surface area contributed by atoms with Crippen molar-refractivity contribution in [3.63, 3.8) is 0 Å². The first kappa shape index (κ1) is 14.9. The van der Waals surface area contributed by atoms with Gasteiger partial charge in [-0.15, -0.1) is 10.2 Å². The lowest BCUT2D eigenvalue weighted by atomic mass is 10.3. The van der Waals surface area contributed by atoms with Crippen LogP contribution in [0.1, 0.15) is 6.42 Å². The zero-order valence-corrected chi connectivity index (χ0v) is 13.0. The number of thioether (sulfide) groups is 1. The van der Waals surface area contributed by atoms with Crippen molar-refractivity contribution >= 4 is 17.7 Å². The number of ether oxygens (including phenoxy) is 1. The van der Waals surface area contributed by atoms with Crippen LogP contribution in [0, 0.1) is 11.3 Å². The predicted molar refractivity (Wildman–Crippen MR) is 85.3 cm³/mol. The molecule has 0 radical (unpaired) electrons. The number of nitriles is 1. The fourth-order valence-electron chi connectivity index (χ4n) is 2.31. The smallest absolute Gasteiger partial charge is 0.232 e. The van der Waals surface area contributed by atoms with Gasteiger partial charge < -0.3 is 9.64 Å². The number of morpholine rings is 1. The zero-order valence-electron chi connectivity index (χ0n) is 12.2. The monoisotopic (exact) mass is 315 g/mol. The Morgan fingerprint density at radius 3 is 2.68 bits per heavy atom. The summed E-state index contributed by atoms with van der Waals surface area (Å²) < 4.78 is 7.48. The van der Waals surface area contributed by atoms with Crippen LogP contribution in [-0.2, 0) is 4.74 Å². The fourth-order valence-corrected chi connectivity index (χ4v) is 3.11. The summed E-state index contributed by atoms with van der Waals surface area (Å²) >= 11 is 1.56. The lowest BCUT2D eigenvalue weighted by Crippen LogP contribution is -2.37. The van der Waals surface area contributed by atoms with Crippen LogP contribution < -0.4 is 4.90 Å². The Morgan fingerprint density at radius 2 is 1.95 bits per heavy atom. The summed E-state index contributed by atoms with van der Waals surface area (Å²) in [5, 5.41) is 18.2. The van der Waals surface area contributed by atoms with E-state index in [0.29, 0.717) is 25.4 Å². The lowest BCUT2D eigenvalue weighted by Gasteiger charge is -2.27. The van der Waals surface area contributed by atoms with E-state index < -0.39 is 0 Å². The largest absolute Gasteiger partial charge is 0.378 e. The van der Waals surface area contributed by atoms with Crippen molar-refractivity contribution in [2.45, 2.75) is 11.6 Å². The highest BCUT2D eigenvalue weighted by molar-refractivity contribution is 7.99. The van der Waals surface area contributed by atoms with Gasteiger partial charge in [0, 0.05) is 25.3 Å². The summed E-state index contributed by atoms with van der Waals surface area (Å²) in [6.07, 6.45) is 0.499. The molecule has 1 aromatic carbocycles. The molecule has 2 aromatic rings. The van der Waals surface area contributed by atoms with Crippen LogP contribution in [-0.4, -0.2) is 46.8 Å². The molecule has 0 spiro atoms. The molecule has 114 valence electrons. The van der Waals surface area contributed by atoms with Crippen molar-refractivity contribution in [3.8, 4) is 11.8 Å². The van der Waals surface area contributed by atoms with Gasteiger partial charge >= 0.3 is 0 Å². The van der Waals surface area contributed by atoms with Gasteiger partial charge in [-0.2, -0.15) is 5.26 Å². The van der Waals surface area contributed by atoms with E-state index in [9.17, 15) is 0 Å². The molecule has 0 saturated carbocycles. The van der Waals surface area contributed by atoms with Gasteiger partial charge in [-0.3, -0.25) is 4.57 Å². The third-order valence-corrected chi connectivity index (χ3v) is 4.30. The van der Waals surface area contributed by atoms with Crippen LogP contribution in [0.5, 0.6) is 0 Å². The van der Waals surface area contributed by atoms with E-state index in [1.807, 2.05) is 30.3 Å². The highest BCUT2D eigenvalue weighted by Gasteiger charge is 2.21. The number of para-hydroxylation sites is 1. The summed E-state index contributed by atoms with van der Waals surface area (Å²) in [6.45, 7) is 3.04. The minimum absolute atomic E-state index is 0.499. The minimum Gasteiger partial charge on any atom is -0.378 e. The van der Waals surface area contributed by atoms with Gasteiger partial charge in [0.1, 0.15) is 0 Å². The number of nitrogens with zero attached hydrogens (tertiary/aromatic N) is 5. The van der Waals surface area contributed by atoms with E-state index in [-0.39, 0.29) is 0 Å². The molecule has 2 heterocycles. The molecular weight excluding hydrogens is 298 g/mol. The van der Waals surface area contributed by atoms with Crippen molar-refractivity contribution < 1.29 is 4.74 Å². The summed E-state index contributed by atoms with van der Waals surface area (Å²) in [5.41, 5.74) is 1.04. The fraction of sp³-hybridized carbons (Fsp3) is 0.400. The molecule has 1 aromatic heterocycles. The first-order chi connectivity index (χ1) is 10.9. The Labute approximate surface area is 133 Å². The summed E-state index contributed by atoms with van der Waals surface area (Å²) in [7, 11) is 0. The Hall–Kier alpha value is -2.04. The van der Waals surface area contributed by atoms with E-state index in [1.165, 1.54) is 0 Å². The van der Waals surface area contributed by atoms with Gasteiger partial charge in [0.25, 0.3) is 0 Å². The molecular formula is C15H17N5OS. The van der Waals surface area contributed by atoms with Crippen molar-refractivity contribution in [1.29, 1.82) is 5.26 Å². The van der Waals surface area contributed by atoms with Gasteiger partial charge in [-0.05, 0) is 12.1 Å². The molecule has 1 fully saturated rings. The first-order valence-corrected chi connectivity index (χ1v) is 8.22. The molecule has 22 heavy (non-hydrogen) atoms. The Kier molecular flexibility index (Phi) is 4.93. The average molecular weight is 315 g/mol. The normalized spacial score (nSPS) is 14.8. The Balaban J connectivity index is 1.94. The quantitative estimate of drug-likeness (QED) is 0.622.